The van der Waals surface area contributed by atoms with Crippen molar-refractivity contribution in [1.82, 2.24) is 5.32 Å². The van der Waals surface area contributed by atoms with Crippen molar-refractivity contribution in [3.8, 4) is 0 Å². The van der Waals surface area contributed by atoms with E-state index in [0.29, 0.717) is 6.04 Å². The average Bonchev–Trinajstić information content (AvgIpc) is 2.85. The van der Waals surface area contributed by atoms with Crippen LogP contribution in [-0.2, 0) is 0 Å². The third kappa shape index (κ3) is 2.56. The van der Waals surface area contributed by atoms with E-state index in [2.05, 4.69) is 58.7 Å². The maximum absolute atomic E-state index is 3.56. The molecule has 0 aliphatic heterocycles. The van der Waals surface area contributed by atoms with Crippen molar-refractivity contribution in [3.05, 3.63) is 42.7 Å². The van der Waals surface area contributed by atoms with Crippen LogP contribution in [0.15, 0.2) is 27.4 Å². The molecule has 0 bridgehead atoms. The Labute approximate surface area is 113 Å². The Bertz CT molecular complexity index is 448. The largest absolute Gasteiger partial charge is 0.306 e. The number of hydrogen-bond acceptors (Lipinski definition) is 3. The van der Waals surface area contributed by atoms with Gasteiger partial charge in [-0.1, -0.05) is 13.0 Å². The second kappa shape index (κ2) is 5.45. The molecule has 86 valence electrons. The summed E-state index contributed by atoms with van der Waals surface area (Å²) in [5.74, 6) is 0. The molecule has 0 aliphatic rings. The third-order valence-electron chi connectivity index (χ3n) is 2.47. The fourth-order valence-electron chi connectivity index (χ4n) is 1.77. The minimum absolute atomic E-state index is 0.340. The molecule has 0 saturated heterocycles. The van der Waals surface area contributed by atoms with E-state index < -0.39 is 0 Å². The zero-order valence-corrected chi connectivity index (χ0v) is 12.5. The smallest absolute Gasteiger partial charge is 0.0704 e. The minimum Gasteiger partial charge on any atom is -0.306 e. The molecule has 2 aromatic heterocycles. The number of aryl methyl sites for hydroxylation is 1. The normalized spacial score (nSPS) is 12.9. The van der Waals surface area contributed by atoms with Crippen molar-refractivity contribution in [2.75, 3.05) is 6.54 Å². The van der Waals surface area contributed by atoms with Gasteiger partial charge in [0.2, 0.25) is 0 Å². The van der Waals surface area contributed by atoms with Crippen molar-refractivity contribution in [1.29, 1.82) is 0 Å². The number of thiophene rings is 2. The van der Waals surface area contributed by atoms with Gasteiger partial charge in [0.25, 0.3) is 0 Å². The fraction of sp³-hybridized carbons (Fsp3) is 0.333. The lowest BCUT2D eigenvalue weighted by atomic mass is 10.1. The van der Waals surface area contributed by atoms with Gasteiger partial charge in [0.1, 0.15) is 0 Å². The van der Waals surface area contributed by atoms with Crippen molar-refractivity contribution in [2.24, 2.45) is 0 Å². The number of nitrogens with one attached hydrogen (secondary N) is 1. The Morgan fingerprint density at radius 3 is 2.81 bits per heavy atom. The van der Waals surface area contributed by atoms with Crippen molar-refractivity contribution in [3.63, 3.8) is 0 Å². The molecule has 2 aromatic rings. The molecule has 1 atom stereocenters. The molecule has 0 amide bonds. The van der Waals surface area contributed by atoms with E-state index in [9.17, 15) is 0 Å². The van der Waals surface area contributed by atoms with Crippen LogP contribution in [0.4, 0.5) is 0 Å². The topological polar surface area (TPSA) is 12.0 Å². The van der Waals surface area contributed by atoms with Gasteiger partial charge >= 0.3 is 0 Å². The molecule has 2 heterocycles. The highest BCUT2D eigenvalue weighted by atomic mass is 79.9. The van der Waals surface area contributed by atoms with Gasteiger partial charge in [0.05, 0.1) is 9.83 Å². The zero-order valence-electron chi connectivity index (χ0n) is 9.29. The standard InChI is InChI=1S/C12H14BrNS2/c1-3-14-12(10-5-4-6-15-10)9-7-11(13)16-8(9)2/h4-7,12,14H,3H2,1-2H3. The van der Waals surface area contributed by atoms with Crippen molar-refractivity contribution in [2.45, 2.75) is 19.9 Å². The van der Waals surface area contributed by atoms with Crippen LogP contribution in [0, 0.1) is 6.92 Å². The summed E-state index contributed by atoms with van der Waals surface area (Å²) >= 11 is 7.17. The van der Waals surface area contributed by atoms with Crippen LogP contribution >= 0.6 is 38.6 Å². The highest BCUT2D eigenvalue weighted by Gasteiger charge is 2.17. The first-order valence-corrected chi connectivity index (χ1v) is 7.74. The van der Waals surface area contributed by atoms with E-state index in [4.69, 9.17) is 0 Å². The molecule has 2 rings (SSSR count). The van der Waals surface area contributed by atoms with E-state index in [-0.39, 0.29) is 0 Å². The minimum atomic E-state index is 0.340. The maximum atomic E-state index is 3.56. The van der Waals surface area contributed by atoms with E-state index in [0.717, 1.165) is 6.54 Å². The van der Waals surface area contributed by atoms with Crippen LogP contribution in [0.5, 0.6) is 0 Å². The summed E-state index contributed by atoms with van der Waals surface area (Å²) in [6.45, 7) is 5.32. The van der Waals surface area contributed by atoms with Crippen LogP contribution in [0.1, 0.15) is 28.3 Å². The van der Waals surface area contributed by atoms with Gasteiger partial charge in [0.15, 0.2) is 0 Å². The molecular weight excluding hydrogens is 302 g/mol. The second-order valence-electron chi connectivity index (χ2n) is 3.57. The molecule has 1 N–H and O–H groups in total. The first-order chi connectivity index (χ1) is 7.72. The van der Waals surface area contributed by atoms with Gasteiger partial charge in [-0.2, -0.15) is 0 Å². The first-order valence-electron chi connectivity index (χ1n) is 5.25. The van der Waals surface area contributed by atoms with Crippen molar-refractivity contribution >= 4 is 38.6 Å². The Balaban J connectivity index is 2.36. The van der Waals surface area contributed by atoms with Gasteiger partial charge in [-0.05, 0) is 52.5 Å². The molecule has 0 fully saturated rings. The molecule has 0 radical (unpaired) electrons. The Kier molecular flexibility index (Phi) is 4.19. The van der Waals surface area contributed by atoms with Crippen LogP contribution in [0.25, 0.3) is 0 Å². The van der Waals surface area contributed by atoms with Gasteiger partial charge in [-0.3, -0.25) is 0 Å². The lowest BCUT2D eigenvalue weighted by molar-refractivity contribution is 0.639. The summed E-state index contributed by atoms with van der Waals surface area (Å²) in [6, 6.07) is 6.88. The Morgan fingerprint density at radius 2 is 2.31 bits per heavy atom. The summed E-state index contributed by atoms with van der Waals surface area (Å²) < 4.78 is 1.21. The van der Waals surface area contributed by atoms with Crippen molar-refractivity contribution < 1.29 is 0 Å². The molecule has 0 aromatic carbocycles. The maximum Gasteiger partial charge on any atom is 0.0704 e. The Hall–Kier alpha value is -0.160. The van der Waals surface area contributed by atoms with Crippen LogP contribution in [0.2, 0.25) is 0 Å². The van der Waals surface area contributed by atoms with E-state index in [1.54, 1.807) is 11.3 Å². The van der Waals surface area contributed by atoms with Gasteiger partial charge in [0, 0.05) is 9.75 Å². The van der Waals surface area contributed by atoms with Gasteiger partial charge in [-0.25, -0.2) is 0 Å². The predicted molar refractivity (Wildman–Crippen MR) is 76.6 cm³/mol. The lowest BCUT2D eigenvalue weighted by Gasteiger charge is -2.16. The molecule has 0 saturated carbocycles. The summed E-state index contributed by atoms with van der Waals surface area (Å²) in [7, 11) is 0. The summed E-state index contributed by atoms with van der Waals surface area (Å²) in [6.07, 6.45) is 0. The highest BCUT2D eigenvalue weighted by Crippen LogP contribution is 2.35. The highest BCUT2D eigenvalue weighted by molar-refractivity contribution is 9.11. The summed E-state index contributed by atoms with van der Waals surface area (Å²) in [4.78, 5) is 2.77. The quantitative estimate of drug-likeness (QED) is 0.870. The second-order valence-corrected chi connectivity index (χ2v) is 7.18. The molecular formula is C12H14BrNS2. The number of hydrogen-bond donors (Lipinski definition) is 1. The molecule has 4 heteroatoms. The zero-order chi connectivity index (χ0) is 11.5. The summed E-state index contributed by atoms with van der Waals surface area (Å²) in [5, 5.41) is 5.69. The van der Waals surface area contributed by atoms with Crippen LogP contribution < -0.4 is 5.32 Å². The molecule has 16 heavy (non-hydrogen) atoms. The van der Waals surface area contributed by atoms with Gasteiger partial charge in [-0.15, -0.1) is 22.7 Å². The SMILES string of the molecule is CCNC(c1cccs1)c1cc(Br)sc1C. The first kappa shape index (κ1) is 12.3. The third-order valence-corrected chi connectivity index (χ3v) is 4.98. The molecule has 1 nitrogen and oxygen atoms in total. The van der Waals surface area contributed by atoms with E-state index in [1.165, 1.54) is 19.1 Å². The van der Waals surface area contributed by atoms with Crippen LogP contribution in [-0.4, -0.2) is 6.54 Å². The fourth-order valence-corrected chi connectivity index (χ4v) is 4.33. The Morgan fingerprint density at radius 1 is 1.50 bits per heavy atom. The number of rotatable bonds is 4. The monoisotopic (exact) mass is 315 g/mol. The molecule has 1 unspecified atom stereocenters. The van der Waals surface area contributed by atoms with Crippen LogP contribution in [0.3, 0.4) is 0 Å². The lowest BCUT2D eigenvalue weighted by Crippen LogP contribution is -2.21. The summed E-state index contributed by atoms with van der Waals surface area (Å²) in [5.41, 5.74) is 1.39. The molecule has 0 spiro atoms. The van der Waals surface area contributed by atoms with Gasteiger partial charge < -0.3 is 5.32 Å². The van der Waals surface area contributed by atoms with E-state index >= 15 is 0 Å². The number of halogens is 1. The van der Waals surface area contributed by atoms with E-state index in [1.807, 2.05) is 11.3 Å². The predicted octanol–water partition coefficient (Wildman–Crippen LogP) is 4.58. The molecule has 0 aliphatic carbocycles. The average molecular weight is 316 g/mol.